The number of para-hydroxylation sites is 1. The second-order valence-corrected chi connectivity index (χ2v) is 9.55. The van der Waals surface area contributed by atoms with Crippen LogP contribution in [0.1, 0.15) is 23.9 Å². The van der Waals surface area contributed by atoms with E-state index >= 15 is 0 Å². The van der Waals surface area contributed by atoms with Crippen molar-refractivity contribution in [3.63, 3.8) is 0 Å². The van der Waals surface area contributed by atoms with Gasteiger partial charge < -0.3 is 0 Å². The number of thiazole rings is 1. The number of aromatic nitrogens is 1. The summed E-state index contributed by atoms with van der Waals surface area (Å²) in [6, 6.07) is 12.2. The molecule has 0 saturated carbocycles. The molecule has 0 radical (unpaired) electrons. The van der Waals surface area contributed by atoms with Crippen LogP contribution in [-0.2, 0) is 10.0 Å². The standard InChI is InChI=1S/C17H14Cl2N2O2S2/c18-11-5-3-9-15(16(11)19)25(22,23)21-10-4-7-13(21)17-20-12-6-1-2-8-14(12)24-17/h1-3,5-6,8-9,13H,4,7,10H2/t13-/m1/s1. The first-order valence-electron chi connectivity index (χ1n) is 7.80. The number of fused-ring (bicyclic) bond motifs is 1. The second-order valence-electron chi connectivity index (χ2n) is 5.85. The fraction of sp³-hybridized carbons (Fsp3) is 0.235. The van der Waals surface area contributed by atoms with Gasteiger partial charge in [0.2, 0.25) is 10.0 Å². The highest BCUT2D eigenvalue weighted by molar-refractivity contribution is 7.89. The number of hydrogen-bond acceptors (Lipinski definition) is 4. The fourth-order valence-electron chi connectivity index (χ4n) is 3.12. The molecule has 4 nitrogen and oxygen atoms in total. The van der Waals surface area contributed by atoms with Crippen LogP contribution in [0.3, 0.4) is 0 Å². The molecule has 2 aromatic carbocycles. The minimum absolute atomic E-state index is 0.0506. The molecule has 0 N–H and O–H groups in total. The van der Waals surface area contributed by atoms with Crippen LogP contribution in [0.25, 0.3) is 10.2 Å². The summed E-state index contributed by atoms with van der Waals surface area (Å²) in [6.07, 6.45) is 1.54. The monoisotopic (exact) mass is 412 g/mol. The molecular formula is C17H14Cl2N2O2S2. The van der Waals surface area contributed by atoms with Crippen molar-refractivity contribution >= 4 is 54.8 Å². The maximum absolute atomic E-state index is 13.2. The van der Waals surface area contributed by atoms with Crippen molar-refractivity contribution in [2.75, 3.05) is 6.54 Å². The van der Waals surface area contributed by atoms with Crippen molar-refractivity contribution in [3.05, 3.63) is 57.5 Å². The molecule has 130 valence electrons. The summed E-state index contributed by atoms with van der Waals surface area (Å²) in [6.45, 7) is 0.450. The quantitative estimate of drug-likeness (QED) is 0.598. The average molecular weight is 413 g/mol. The Balaban J connectivity index is 1.77. The van der Waals surface area contributed by atoms with Crippen LogP contribution >= 0.6 is 34.5 Å². The van der Waals surface area contributed by atoms with Crippen LogP contribution in [0.5, 0.6) is 0 Å². The van der Waals surface area contributed by atoms with E-state index in [1.54, 1.807) is 23.5 Å². The SMILES string of the molecule is O=S(=O)(c1cccc(Cl)c1Cl)N1CCC[C@@H]1c1nc2ccccc2s1. The van der Waals surface area contributed by atoms with Crippen molar-refractivity contribution in [1.29, 1.82) is 0 Å². The molecule has 0 amide bonds. The molecule has 1 atom stereocenters. The topological polar surface area (TPSA) is 50.3 Å². The number of halogens is 2. The third-order valence-corrected chi connectivity index (χ3v) is 8.32. The van der Waals surface area contributed by atoms with Gasteiger partial charge in [-0.2, -0.15) is 4.31 Å². The van der Waals surface area contributed by atoms with Gasteiger partial charge in [-0.3, -0.25) is 0 Å². The van der Waals surface area contributed by atoms with Crippen molar-refractivity contribution < 1.29 is 8.42 Å². The van der Waals surface area contributed by atoms with E-state index in [1.165, 1.54) is 10.4 Å². The largest absolute Gasteiger partial charge is 0.245 e. The lowest BCUT2D eigenvalue weighted by molar-refractivity contribution is 0.396. The van der Waals surface area contributed by atoms with Crippen LogP contribution in [0.2, 0.25) is 10.0 Å². The molecule has 0 aliphatic carbocycles. The van der Waals surface area contributed by atoms with E-state index < -0.39 is 10.0 Å². The van der Waals surface area contributed by atoms with Gasteiger partial charge in [-0.25, -0.2) is 13.4 Å². The van der Waals surface area contributed by atoms with Gasteiger partial charge >= 0.3 is 0 Å². The molecule has 0 bridgehead atoms. The third kappa shape index (κ3) is 2.96. The highest BCUT2D eigenvalue weighted by Gasteiger charge is 2.39. The van der Waals surface area contributed by atoms with E-state index in [0.717, 1.165) is 28.1 Å². The van der Waals surface area contributed by atoms with Crippen LogP contribution in [0, 0.1) is 0 Å². The third-order valence-electron chi connectivity index (χ3n) is 4.30. The number of hydrogen-bond donors (Lipinski definition) is 0. The lowest BCUT2D eigenvalue weighted by Gasteiger charge is -2.23. The van der Waals surface area contributed by atoms with E-state index in [-0.39, 0.29) is 21.0 Å². The first kappa shape index (κ1) is 17.2. The Kier molecular flexibility index (Phi) is 4.50. The molecule has 1 saturated heterocycles. The predicted octanol–water partition coefficient (Wildman–Crippen LogP) is 5.13. The molecule has 0 unspecified atom stereocenters. The zero-order valence-electron chi connectivity index (χ0n) is 13.0. The summed E-state index contributed by atoms with van der Waals surface area (Å²) < 4.78 is 28.9. The summed E-state index contributed by atoms with van der Waals surface area (Å²) in [7, 11) is -3.74. The Bertz CT molecular complexity index is 1020. The highest BCUT2D eigenvalue weighted by Crippen LogP contribution is 2.41. The Hall–Kier alpha value is -1.18. The molecule has 1 aromatic heterocycles. The summed E-state index contributed by atoms with van der Waals surface area (Å²) in [4.78, 5) is 4.70. The van der Waals surface area contributed by atoms with Gasteiger partial charge in [0.1, 0.15) is 9.90 Å². The van der Waals surface area contributed by atoms with Gasteiger partial charge in [0, 0.05) is 6.54 Å². The first-order valence-corrected chi connectivity index (χ1v) is 10.8. The van der Waals surface area contributed by atoms with Gasteiger partial charge in [0.25, 0.3) is 0 Å². The Labute approximate surface area is 160 Å². The smallest absolute Gasteiger partial charge is 0.239 e. The molecule has 2 heterocycles. The molecule has 0 spiro atoms. The van der Waals surface area contributed by atoms with E-state index in [0.29, 0.717) is 6.54 Å². The van der Waals surface area contributed by atoms with Crippen LogP contribution in [0.15, 0.2) is 47.4 Å². The van der Waals surface area contributed by atoms with Crippen molar-refractivity contribution in [1.82, 2.24) is 9.29 Å². The molecule has 8 heteroatoms. The summed E-state index contributed by atoms with van der Waals surface area (Å²) >= 11 is 13.7. The molecular weight excluding hydrogens is 399 g/mol. The lowest BCUT2D eigenvalue weighted by Crippen LogP contribution is -2.30. The van der Waals surface area contributed by atoms with Crippen LogP contribution < -0.4 is 0 Å². The maximum atomic E-state index is 13.2. The van der Waals surface area contributed by atoms with Gasteiger partial charge in [0.15, 0.2) is 0 Å². The van der Waals surface area contributed by atoms with Crippen molar-refractivity contribution in [2.45, 2.75) is 23.8 Å². The van der Waals surface area contributed by atoms with Crippen LogP contribution in [-0.4, -0.2) is 24.3 Å². The first-order chi connectivity index (χ1) is 12.0. The van der Waals surface area contributed by atoms with E-state index in [1.807, 2.05) is 24.3 Å². The lowest BCUT2D eigenvalue weighted by atomic mass is 10.2. The number of rotatable bonds is 3. The number of nitrogens with zero attached hydrogens (tertiary/aromatic N) is 2. The van der Waals surface area contributed by atoms with E-state index in [4.69, 9.17) is 23.2 Å². The van der Waals surface area contributed by atoms with E-state index in [9.17, 15) is 8.42 Å². The summed E-state index contributed by atoms with van der Waals surface area (Å²) in [5.74, 6) is 0. The minimum Gasteiger partial charge on any atom is -0.239 e. The molecule has 1 aliphatic rings. The Morgan fingerprint density at radius 3 is 2.72 bits per heavy atom. The minimum atomic E-state index is -3.74. The van der Waals surface area contributed by atoms with Crippen molar-refractivity contribution in [2.24, 2.45) is 0 Å². The highest BCUT2D eigenvalue weighted by atomic mass is 35.5. The molecule has 3 aromatic rings. The zero-order valence-corrected chi connectivity index (χ0v) is 16.2. The fourth-order valence-corrected chi connectivity index (χ4v) is 6.70. The maximum Gasteiger partial charge on any atom is 0.245 e. The number of sulfonamides is 1. The molecule has 1 fully saturated rings. The molecule has 4 rings (SSSR count). The second kappa shape index (κ2) is 6.52. The summed E-state index contributed by atoms with van der Waals surface area (Å²) in [5.41, 5.74) is 0.896. The normalized spacial score (nSPS) is 18.9. The molecule has 1 aliphatic heterocycles. The Morgan fingerprint density at radius 1 is 1.12 bits per heavy atom. The van der Waals surface area contributed by atoms with Gasteiger partial charge in [0.05, 0.1) is 26.3 Å². The number of benzene rings is 2. The van der Waals surface area contributed by atoms with Gasteiger partial charge in [-0.1, -0.05) is 41.4 Å². The summed E-state index contributed by atoms with van der Waals surface area (Å²) in [5, 5.41) is 1.12. The Morgan fingerprint density at radius 2 is 1.92 bits per heavy atom. The van der Waals surface area contributed by atoms with Gasteiger partial charge in [-0.05, 0) is 37.1 Å². The van der Waals surface area contributed by atoms with E-state index in [2.05, 4.69) is 4.98 Å². The van der Waals surface area contributed by atoms with Gasteiger partial charge in [-0.15, -0.1) is 11.3 Å². The molecule has 25 heavy (non-hydrogen) atoms. The zero-order chi connectivity index (χ0) is 17.6. The van der Waals surface area contributed by atoms with Crippen LogP contribution in [0.4, 0.5) is 0 Å². The van der Waals surface area contributed by atoms with Crippen molar-refractivity contribution in [3.8, 4) is 0 Å². The predicted molar refractivity (Wildman–Crippen MR) is 102 cm³/mol. The average Bonchev–Trinajstić information content (AvgIpc) is 3.23.